The number of ketones is 1. The van der Waals surface area contributed by atoms with Crippen molar-refractivity contribution >= 4 is 17.6 Å². The van der Waals surface area contributed by atoms with Crippen LogP contribution < -0.4 is 0 Å². The van der Waals surface area contributed by atoms with Crippen LogP contribution in [0.5, 0.6) is 0 Å². The van der Waals surface area contributed by atoms with Gasteiger partial charge in [0.2, 0.25) is 0 Å². The van der Waals surface area contributed by atoms with Crippen molar-refractivity contribution in [3.8, 4) is 0 Å². The maximum atomic E-state index is 14.4. The van der Waals surface area contributed by atoms with E-state index in [0.29, 0.717) is 24.8 Å². The maximum Gasteiger partial charge on any atom is 0.262 e. The fourth-order valence-corrected chi connectivity index (χ4v) is 4.19. The second-order valence-corrected chi connectivity index (χ2v) is 8.11. The molecule has 5 heteroatoms. The number of rotatable bonds is 7. The molecule has 0 N–H and O–H groups in total. The van der Waals surface area contributed by atoms with E-state index in [-0.39, 0.29) is 28.7 Å². The Balaban J connectivity index is 2.03. The lowest BCUT2D eigenvalue weighted by Crippen LogP contribution is -2.41. The number of imide groups is 1. The number of fused-ring (bicyclic) bond motifs is 1. The first kappa shape index (κ1) is 20.4. The molecule has 1 fully saturated rings. The van der Waals surface area contributed by atoms with Crippen LogP contribution in [0.2, 0.25) is 0 Å². The lowest BCUT2D eigenvalue weighted by molar-refractivity contribution is -0.119. The number of benzene rings is 1. The van der Waals surface area contributed by atoms with E-state index in [1.165, 1.54) is 22.6 Å². The monoisotopic (exact) mass is 385 g/mol. The second-order valence-electron chi connectivity index (χ2n) is 8.11. The number of hydrogen-bond acceptors (Lipinski definition) is 3. The topological polar surface area (TPSA) is 54.5 Å². The van der Waals surface area contributed by atoms with Gasteiger partial charge in [0.1, 0.15) is 11.6 Å². The van der Waals surface area contributed by atoms with E-state index in [0.717, 1.165) is 24.8 Å². The molecule has 1 aliphatic heterocycles. The van der Waals surface area contributed by atoms with E-state index in [2.05, 4.69) is 0 Å². The van der Waals surface area contributed by atoms with Crippen LogP contribution in [0.25, 0.3) is 0 Å². The van der Waals surface area contributed by atoms with Gasteiger partial charge in [0, 0.05) is 18.4 Å². The molecule has 28 heavy (non-hydrogen) atoms. The SMILES string of the molecule is CCC(=O)CCC(C(C)=C1CCC1)N1C(=O)c2ccc(F)c(C(C)C)c2C1=O. The van der Waals surface area contributed by atoms with Crippen LogP contribution in [0.4, 0.5) is 4.39 Å². The molecule has 2 aliphatic rings. The van der Waals surface area contributed by atoms with E-state index in [9.17, 15) is 18.8 Å². The zero-order valence-corrected chi connectivity index (χ0v) is 17.1. The molecule has 0 radical (unpaired) electrons. The summed E-state index contributed by atoms with van der Waals surface area (Å²) in [4.78, 5) is 39.7. The van der Waals surface area contributed by atoms with Gasteiger partial charge in [0.05, 0.1) is 17.2 Å². The van der Waals surface area contributed by atoms with Crippen LogP contribution in [-0.4, -0.2) is 28.5 Å². The zero-order valence-electron chi connectivity index (χ0n) is 17.1. The van der Waals surface area contributed by atoms with E-state index in [4.69, 9.17) is 0 Å². The van der Waals surface area contributed by atoms with Crippen LogP contribution in [-0.2, 0) is 4.79 Å². The minimum absolute atomic E-state index is 0.113. The molecule has 150 valence electrons. The minimum atomic E-state index is -0.455. The van der Waals surface area contributed by atoms with Gasteiger partial charge in [-0.3, -0.25) is 19.3 Å². The Labute approximate surface area is 165 Å². The molecule has 1 heterocycles. The summed E-state index contributed by atoms with van der Waals surface area (Å²) in [6.45, 7) is 7.41. The molecule has 1 unspecified atom stereocenters. The van der Waals surface area contributed by atoms with Gasteiger partial charge in [0.25, 0.3) is 11.8 Å². The smallest absolute Gasteiger partial charge is 0.262 e. The van der Waals surface area contributed by atoms with E-state index in [1.54, 1.807) is 0 Å². The second kappa shape index (κ2) is 7.98. The normalized spacial score (nSPS) is 17.1. The molecule has 2 amide bonds. The Hall–Kier alpha value is -2.30. The van der Waals surface area contributed by atoms with Crippen LogP contribution in [0, 0.1) is 5.82 Å². The predicted octanol–water partition coefficient (Wildman–Crippen LogP) is 5.17. The van der Waals surface area contributed by atoms with Crippen molar-refractivity contribution in [3.05, 3.63) is 45.8 Å². The summed E-state index contributed by atoms with van der Waals surface area (Å²) < 4.78 is 14.4. The van der Waals surface area contributed by atoms with Crippen molar-refractivity contribution in [2.75, 3.05) is 0 Å². The summed E-state index contributed by atoms with van der Waals surface area (Å²) in [5, 5.41) is 0. The van der Waals surface area contributed by atoms with Gasteiger partial charge in [-0.05, 0) is 50.7 Å². The largest absolute Gasteiger partial charge is 0.300 e. The fraction of sp³-hybridized carbons (Fsp3) is 0.522. The number of carbonyl (C=O) groups excluding carboxylic acids is 3. The lowest BCUT2D eigenvalue weighted by atomic mass is 9.84. The van der Waals surface area contributed by atoms with E-state index >= 15 is 0 Å². The van der Waals surface area contributed by atoms with Gasteiger partial charge < -0.3 is 0 Å². The van der Waals surface area contributed by atoms with Crippen molar-refractivity contribution in [1.82, 2.24) is 4.90 Å². The lowest BCUT2D eigenvalue weighted by Gasteiger charge is -2.31. The van der Waals surface area contributed by atoms with Gasteiger partial charge in [-0.2, -0.15) is 0 Å². The first-order chi connectivity index (χ1) is 13.3. The molecule has 0 spiro atoms. The highest BCUT2D eigenvalue weighted by atomic mass is 19.1. The van der Waals surface area contributed by atoms with Crippen molar-refractivity contribution in [2.45, 2.75) is 78.2 Å². The Kier molecular flexibility index (Phi) is 5.82. The average Bonchev–Trinajstić information content (AvgIpc) is 2.84. The van der Waals surface area contributed by atoms with Crippen molar-refractivity contribution < 1.29 is 18.8 Å². The van der Waals surface area contributed by atoms with Gasteiger partial charge in [-0.15, -0.1) is 0 Å². The molecule has 1 aliphatic carbocycles. The Morgan fingerprint density at radius 2 is 1.86 bits per heavy atom. The number of carbonyl (C=O) groups is 3. The van der Waals surface area contributed by atoms with Crippen molar-refractivity contribution in [2.24, 2.45) is 0 Å². The third kappa shape index (κ3) is 3.43. The van der Waals surface area contributed by atoms with E-state index in [1.807, 2.05) is 27.7 Å². The van der Waals surface area contributed by atoms with Crippen LogP contribution >= 0.6 is 0 Å². The summed E-state index contributed by atoms with van der Waals surface area (Å²) in [6.07, 6.45) is 4.24. The third-order valence-corrected chi connectivity index (χ3v) is 6.07. The summed E-state index contributed by atoms with van der Waals surface area (Å²) >= 11 is 0. The maximum absolute atomic E-state index is 14.4. The molecular weight excluding hydrogens is 357 g/mol. The number of nitrogens with zero attached hydrogens (tertiary/aromatic N) is 1. The molecule has 0 bridgehead atoms. The van der Waals surface area contributed by atoms with Gasteiger partial charge >= 0.3 is 0 Å². The molecule has 1 atom stereocenters. The highest BCUT2D eigenvalue weighted by Gasteiger charge is 2.43. The molecule has 1 saturated carbocycles. The first-order valence-corrected chi connectivity index (χ1v) is 10.2. The summed E-state index contributed by atoms with van der Waals surface area (Å²) in [5.41, 5.74) is 3.04. The third-order valence-electron chi connectivity index (χ3n) is 6.07. The standard InChI is InChI=1S/C23H28FNO3/c1-5-16(26)9-12-19(14(4)15-7-6-8-15)25-22(27)17-10-11-18(24)20(13(2)3)21(17)23(25)28/h10-11,13,19H,5-9,12H2,1-4H3. The molecular formula is C23H28FNO3. The van der Waals surface area contributed by atoms with Crippen molar-refractivity contribution in [1.29, 1.82) is 0 Å². The molecule has 4 nitrogen and oxygen atoms in total. The summed E-state index contributed by atoms with van der Waals surface area (Å²) in [7, 11) is 0. The Bertz CT molecular complexity index is 863. The van der Waals surface area contributed by atoms with Gasteiger partial charge in [-0.25, -0.2) is 4.39 Å². The predicted molar refractivity (Wildman–Crippen MR) is 106 cm³/mol. The van der Waals surface area contributed by atoms with E-state index < -0.39 is 17.8 Å². The summed E-state index contributed by atoms with van der Waals surface area (Å²) in [5.74, 6) is -1.37. The average molecular weight is 385 g/mol. The minimum Gasteiger partial charge on any atom is -0.300 e. The number of hydrogen-bond donors (Lipinski definition) is 0. The highest BCUT2D eigenvalue weighted by molar-refractivity contribution is 6.22. The molecule has 1 aromatic rings. The summed E-state index contributed by atoms with van der Waals surface area (Å²) in [6, 6.07) is 2.24. The molecule has 1 aromatic carbocycles. The Morgan fingerprint density at radius 1 is 1.18 bits per heavy atom. The highest BCUT2D eigenvalue weighted by Crippen LogP contribution is 2.38. The molecule has 3 rings (SSSR count). The van der Waals surface area contributed by atoms with Crippen LogP contribution in [0.15, 0.2) is 23.3 Å². The van der Waals surface area contributed by atoms with Crippen molar-refractivity contribution in [3.63, 3.8) is 0 Å². The number of allylic oxidation sites excluding steroid dienone is 1. The van der Waals surface area contributed by atoms with Crippen LogP contribution in [0.1, 0.15) is 98.4 Å². The van der Waals surface area contributed by atoms with Gasteiger partial charge in [0.15, 0.2) is 0 Å². The quantitative estimate of drug-likeness (QED) is 0.480. The Morgan fingerprint density at radius 3 is 2.39 bits per heavy atom. The number of Topliss-reactive ketones (excluding diaryl/α,β-unsaturated/α-hetero) is 1. The number of halogens is 1. The van der Waals surface area contributed by atoms with Gasteiger partial charge in [-0.1, -0.05) is 31.9 Å². The zero-order chi connectivity index (χ0) is 20.6. The fourth-order valence-electron chi connectivity index (χ4n) is 4.19. The number of amides is 2. The first-order valence-electron chi connectivity index (χ1n) is 10.2. The molecule has 0 saturated heterocycles. The molecule has 0 aromatic heterocycles. The van der Waals surface area contributed by atoms with Crippen LogP contribution in [0.3, 0.4) is 0 Å².